The third-order valence-electron chi connectivity index (χ3n) is 6.94. The second kappa shape index (κ2) is 9.76. The van der Waals surface area contributed by atoms with Gasteiger partial charge in [0.15, 0.2) is 5.82 Å². The molecule has 38 heavy (non-hydrogen) atoms. The Bertz CT molecular complexity index is 1600. The van der Waals surface area contributed by atoms with Crippen LogP contribution < -0.4 is 15.0 Å². The van der Waals surface area contributed by atoms with E-state index in [1.165, 1.54) is 34.4 Å². The number of rotatable bonds is 7. The third kappa shape index (κ3) is 4.50. The van der Waals surface area contributed by atoms with Crippen LogP contribution >= 0.6 is 0 Å². The molecule has 1 aromatic carbocycles. The molecule has 1 unspecified atom stereocenters. The van der Waals surface area contributed by atoms with Gasteiger partial charge in [-0.1, -0.05) is 23.4 Å². The van der Waals surface area contributed by atoms with Crippen molar-refractivity contribution in [2.45, 2.75) is 31.8 Å². The van der Waals surface area contributed by atoms with E-state index in [0.717, 1.165) is 0 Å². The van der Waals surface area contributed by atoms with Crippen molar-refractivity contribution in [3.63, 3.8) is 0 Å². The number of nitrogens with zero attached hydrogens (tertiary/aromatic N) is 3. The van der Waals surface area contributed by atoms with Crippen molar-refractivity contribution in [2.75, 3.05) is 25.5 Å². The van der Waals surface area contributed by atoms with E-state index < -0.39 is 21.6 Å². The predicted octanol–water partition coefficient (Wildman–Crippen LogP) is 3.59. The minimum absolute atomic E-state index is 0.0261. The van der Waals surface area contributed by atoms with Crippen LogP contribution in [0.25, 0.3) is 5.57 Å². The minimum Gasteiger partial charge on any atom is -0.499 e. The van der Waals surface area contributed by atoms with Crippen LogP contribution in [0, 0.1) is 0 Å². The van der Waals surface area contributed by atoms with Gasteiger partial charge in [0.25, 0.3) is 5.56 Å². The first-order valence-electron chi connectivity index (χ1n) is 11.9. The number of aromatic nitrogens is 2. The molecule has 0 fully saturated rings. The van der Waals surface area contributed by atoms with Crippen LogP contribution in [0.5, 0.6) is 5.75 Å². The van der Waals surface area contributed by atoms with Crippen LogP contribution in [-0.2, 0) is 33.5 Å². The Kier molecular flexibility index (Phi) is 6.61. The average molecular weight is 543 g/mol. The largest absolute Gasteiger partial charge is 0.499 e. The molecule has 0 radical (unpaired) electrons. The lowest BCUT2D eigenvalue weighted by molar-refractivity contribution is 0.166. The van der Waals surface area contributed by atoms with Gasteiger partial charge >= 0.3 is 10.2 Å². The second-order valence-corrected chi connectivity index (χ2v) is 10.9. The van der Waals surface area contributed by atoms with Crippen molar-refractivity contribution in [3.8, 4) is 5.75 Å². The molecule has 2 aromatic heterocycles. The molecule has 0 spiro atoms. The Morgan fingerprint density at radius 2 is 1.97 bits per heavy atom. The maximum Gasteiger partial charge on any atom is 0.303 e. The van der Waals surface area contributed by atoms with Gasteiger partial charge in [0.2, 0.25) is 0 Å². The van der Waals surface area contributed by atoms with Crippen molar-refractivity contribution in [3.05, 3.63) is 93.6 Å². The molecule has 200 valence electrons. The summed E-state index contributed by atoms with van der Waals surface area (Å²) in [6.45, 7) is 1.89. The van der Waals surface area contributed by atoms with Gasteiger partial charge in [0.05, 0.1) is 14.2 Å². The van der Waals surface area contributed by atoms with Crippen molar-refractivity contribution in [1.29, 1.82) is 0 Å². The number of hydrogen-bond acceptors (Lipinski definition) is 7. The number of nitrogens with one attached hydrogen (secondary N) is 1. The number of allylic oxidation sites excluding steroid dienone is 4. The summed E-state index contributed by atoms with van der Waals surface area (Å²) in [7, 11) is -0.892. The van der Waals surface area contributed by atoms with E-state index in [1.54, 1.807) is 50.4 Å². The van der Waals surface area contributed by atoms with E-state index in [2.05, 4.69) is 9.88 Å². The van der Waals surface area contributed by atoms with Crippen molar-refractivity contribution < 1.29 is 26.8 Å². The smallest absolute Gasteiger partial charge is 0.303 e. The van der Waals surface area contributed by atoms with Gasteiger partial charge in [-0.3, -0.25) is 14.1 Å². The second-order valence-electron chi connectivity index (χ2n) is 9.27. The van der Waals surface area contributed by atoms with Gasteiger partial charge in [0.1, 0.15) is 29.1 Å². The highest BCUT2D eigenvalue weighted by Crippen LogP contribution is 2.43. The standard InChI is InChI=1S/C26H27FN4O6S/c1-26(15-21(27)20(14-23(26)36-3)17-5-4-6-19(13-17)35-2)31-22-9-11-30(16-18(22)7-8-25(31)32)38(33,34)29-24-10-12-37-28-24/h4-8,10,12-14H,9,11,15-16H2,1-3H3,(H,28,29). The molecular formula is C26H27FN4O6S. The van der Waals surface area contributed by atoms with Crippen molar-refractivity contribution in [2.24, 2.45) is 0 Å². The summed E-state index contributed by atoms with van der Waals surface area (Å²) in [5.74, 6) is 0.673. The number of anilines is 1. The number of benzene rings is 1. The lowest BCUT2D eigenvalue weighted by Crippen LogP contribution is -2.47. The molecule has 3 aromatic rings. The first-order valence-corrected chi connectivity index (χ1v) is 13.3. The highest BCUT2D eigenvalue weighted by atomic mass is 32.2. The molecular weight excluding hydrogens is 515 g/mol. The van der Waals surface area contributed by atoms with Crippen LogP contribution in [0.2, 0.25) is 0 Å². The van der Waals surface area contributed by atoms with Gasteiger partial charge in [-0.05, 0) is 36.3 Å². The summed E-state index contributed by atoms with van der Waals surface area (Å²) < 4.78 is 62.4. The fourth-order valence-corrected chi connectivity index (χ4v) is 6.23. The summed E-state index contributed by atoms with van der Waals surface area (Å²) in [5.41, 5.74) is 0.760. The van der Waals surface area contributed by atoms with Crippen LogP contribution in [0.15, 0.2) is 75.7 Å². The van der Waals surface area contributed by atoms with Gasteiger partial charge in [-0.25, -0.2) is 4.39 Å². The summed E-state index contributed by atoms with van der Waals surface area (Å²) in [5, 5.41) is 3.59. The normalized spacial score (nSPS) is 20.1. The van der Waals surface area contributed by atoms with E-state index in [4.69, 9.17) is 14.0 Å². The van der Waals surface area contributed by atoms with Gasteiger partial charge in [-0.15, -0.1) is 0 Å². The van der Waals surface area contributed by atoms with Crippen LogP contribution in [0.1, 0.15) is 30.2 Å². The minimum atomic E-state index is -3.92. The third-order valence-corrected chi connectivity index (χ3v) is 8.39. The van der Waals surface area contributed by atoms with E-state index >= 15 is 4.39 Å². The molecule has 3 heterocycles. The Labute approximate surface area is 219 Å². The average Bonchev–Trinajstić information content (AvgIpc) is 3.40. The number of fused-ring (bicyclic) bond motifs is 1. The van der Waals surface area contributed by atoms with Crippen LogP contribution in [0.4, 0.5) is 10.2 Å². The van der Waals surface area contributed by atoms with Gasteiger partial charge in [0, 0.05) is 49.3 Å². The zero-order chi connectivity index (χ0) is 27.1. The first kappa shape index (κ1) is 25.7. The number of methoxy groups -OCH3 is 2. The van der Waals surface area contributed by atoms with Crippen LogP contribution in [-0.4, -0.2) is 43.2 Å². The number of pyridine rings is 1. The Morgan fingerprint density at radius 1 is 1.16 bits per heavy atom. The maximum atomic E-state index is 15.7. The quantitative estimate of drug-likeness (QED) is 0.485. The van der Waals surface area contributed by atoms with Gasteiger partial charge < -0.3 is 14.0 Å². The monoisotopic (exact) mass is 542 g/mol. The van der Waals surface area contributed by atoms with E-state index in [9.17, 15) is 13.2 Å². The molecule has 10 nitrogen and oxygen atoms in total. The molecule has 0 saturated heterocycles. The molecule has 1 N–H and O–H groups in total. The van der Waals surface area contributed by atoms with Crippen molar-refractivity contribution in [1.82, 2.24) is 14.0 Å². The fourth-order valence-electron chi connectivity index (χ4n) is 5.09. The summed E-state index contributed by atoms with van der Waals surface area (Å²) >= 11 is 0. The molecule has 2 aliphatic rings. The lowest BCUT2D eigenvalue weighted by atomic mass is 9.84. The van der Waals surface area contributed by atoms with Crippen molar-refractivity contribution >= 4 is 21.6 Å². The molecule has 1 aliphatic carbocycles. The van der Waals surface area contributed by atoms with E-state index in [-0.39, 0.29) is 37.3 Å². The molecule has 1 atom stereocenters. The lowest BCUT2D eigenvalue weighted by Gasteiger charge is -2.40. The molecule has 5 rings (SSSR count). The topological polar surface area (TPSA) is 116 Å². The number of halogens is 1. The Balaban J connectivity index is 1.51. The molecule has 1 aliphatic heterocycles. The summed E-state index contributed by atoms with van der Waals surface area (Å²) in [6, 6.07) is 11.5. The SMILES string of the molecule is COC1=CC(c2cccc(OC)c2)=C(F)CC1(C)n1c2c(ccc1=O)CN(S(=O)(=O)Nc1ccon1)CC2. The maximum absolute atomic E-state index is 15.7. The fraction of sp³-hybridized carbons (Fsp3) is 0.308. The highest BCUT2D eigenvalue weighted by molar-refractivity contribution is 7.90. The first-order chi connectivity index (χ1) is 18.2. The molecule has 0 amide bonds. The summed E-state index contributed by atoms with van der Waals surface area (Å²) in [6.07, 6.45) is 3.00. The van der Waals surface area contributed by atoms with Crippen LogP contribution in [0.3, 0.4) is 0 Å². The Hall–Kier alpha value is -3.90. The molecule has 0 saturated carbocycles. The highest BCUT2D eigenvalue weighted by Gasteiger charge is 2.41. The number of hydrogen-bond donors (Lipinski definition) is 1. The zero-order valence-corrected chi connectivity index (χ0v) is 21.9. The molecule has 12 heteroatoms. The van der Waals surface area contributed by atoms with E-state index in [0.29, 0.717) is 33.9 Å². The molecule has 0 bridgehead atoms. The predicted molar refractivity (Wildman–Crippen MR) is 138 cm³/mol. The zero-order valence-electron chi connectivity index (χ0n) is 21.1. The van der Waals surface area contributed by atoms with E-state index in [1.807, 2.05) is 0 Å². The summed E-state index contributed by atoms with van der Waals surface area (Å²) in [4.78, 5) is 13.3. The number of ether oxygens (including phenoxy) is 2. The van der Waals surface area contributed by atoms with Gasteiger partial charge in [-0.2, -0.15) is 12.7 Å². The Morgan fingerprint density at radius 3 is 2.68 bits per heavy atom.